The minimum atomic E-state index is -0.422. The van der Waals surface area contributed by atoms with Gasteiger partial charge >= 0.3 is 0 Å². The van der Waals surface area contributed by atoms with Crippen molar-refractivity contribution < 1.29 is 8.78 Å². The maximum atomic E-state index is 12.9. The van der Waals surface area contributed by atoms with Crippen molar-refractivity contribution in [3.05, 3.63) is 33.6 Å². The molecule has 0 aliphatic carbocycles. The zero-order chi connectivity index (χ0) is 8.55. The molecule has 0 aromatic heterocycles. The van der Waals surface area contributed by atoms with Crippen molar-refractivity contribution in [2.75, 3.05) is 0 Å². The van der Waals surface area contributed by atoms with Crippen LogP contribution in [0.2, 0.25) is 0 Å². The van der Waals surface area contributed by atoms with E-state index in [-0.39, 0.29) is 92.4 Å². The summed E-state index contributed by atoms with van der Waals surface area (Å²) in [6, 6.07) is 0. The van der Waals surface area contributed by atoms with Gasteiger partial charge in [0.1, 0.15) is 0 Å². The van der Waals surface area contributed by atoms with Crippen LogP contribution in [-0.2, 0) is 0 Å². The summed E-state index contributed by atoms with van der Waals surface area (Å²) in [5, 5.41) is 5.21. The van der Waals surface area contributed by atoms with Crippen molar-refractivity contribution in [2.24, 2.45) is 0 Å². The first-order chi connectivity index (χ1) is 5.79. The van der Waals surface area contributed by atoms with E-state index in [4.69, 9.17) is 0 Å². The molecule has 0 unspecified atom stereocenters. The van der Waals surface area contributed by atoms with Crippen LogP contribution in [0.3, 0.4) is 0 Å². The molecular weight excluding hydrogens is 508 g/mol. The third-order valence-corrected chi connectivity index (χ3v) is 3.14. The molecule has 0 saturated carbocycles. The predicted octanol–water partition coefficient (Wildman–Crippen LogP) is 6.37. The number of hydrogen-bond donors (Lipinski definition) is 0. The summed E-state index contributed by atoms with van der Waals surface area (Å²) < 4.78 is 25.8. The SMILES string of the molecule is C.C.C.C.C.C.FC1=CC#SC1=C1S#CC=C1F.[Sn].[Sn]. The Hall–Kier alpha value is 0.677. The Labute approximate surface area is 166 Å². The normalized spacial score (nSPS) is 15.1. The third-order valence-electron chi connectivity index (χ3n) is 1.33. The molecular formula is C14H26F2S2Sn2. The summed E-state index contributed by atoms with van der Waals surface area (Å²) in [7, 11) is 0. The zero-order valence-electron chi connectivity index (χ0n) is 6.73. The summed E-state index contributed by atoms with van der Waals surface area (Å²) in [6.07, 6.45) is 2.42. The topological polar surface area (TPSA) is 0 Å². The van der Waals surface area contributed by atoms with Gasteiger partial charge in [0.25, 0.3) is 0 Å². The van der Waals surface area contributed by atoms with E-state index in [0.29, 0.717) is 9.81 Å². The van der Waals surface area contributed by atoms with Gasteiger partial charge in [-0.05, 0) is 0 Å². The minimum absolute atomic E-state index is 0. The Morgan fingerprint density at radius 1 is 0.650 bits per heavy atom. The van der Waals surface area contributed by atoms with Gasteiger partial charge in [0.15, 0.2) is 11.7 Å². The molecule has 8 radical (unpaired) electrons. The summed E-state index contributed by atoms with van der Waals surface area (Å²) in [6.45, 7) is 0. The average molecular weight is 534 g/mol. The van der Waals surface area contributed by atoms with E-state index >= 15 is 0 Å². The van der Waals surface area contributed by atoms with Gasteiger partial charge in [-0.3, -0.25) is 0 Å². The van der Waals surface area contributed by atoms with Crippen LogP contribution in [0.25, 0.3) is 0 Å². The molecule has 2 aliphatic rings. The summed E-state index contributed by atoms with van der Waals surface area (Å²) >= 11 is 2.14. The molecule has 0 aromatic rings. The molecule has 0 fully saturated rings. The first kappa shape index (κ1) is 42.8. The van der Waals surface area contributed by atoms with Crippen LogP contribution in [0.1, 0.15) is 44.6 Å². The Kier molecular flexibility index (Phi) is 42.1. The average Bonchev–Trinajstić information content (AvgIpc) is 2.59. The monoisotopic (exact) mass is 536 g/mol. The second-order valence-corrected chi connectivity index (χ2v) is 3.78. The number of halogens is 2. The number of hydrogen-bond acceptors (Lipinski definition) is 0. The predicted molar refractivity (Wildman–Crippen MR) is 100 cm³/mol. The van der Waals surface area contributed by atoms with E-state index in [0.717, 1.165) is 22.3 Å². The van der Waals surface area contributed by atoms with Gasteiger partial charge in [-0.25, -0.2) is 8.78 Å². The Balaban J connectivity index is -0.0000000422. The summed E-state index contributed by atoms with van der Waals surface area (Å²) in [5.74, 6) is -0.843. The van der Waals surface area contributed by atoms with Crippen LogP contribution in [0.5, 0.6) is 0 Å². The fourth-order valence-electron chi connectivity index (χ4n) is 0.818. The fraction of sp³-hybridized carbons (Fsp3) is 0.429. The van der Waals surface area contributed by atoms with Crippen molar-refractivity contribution >= 4 is 70.2 Å². The van der Waals surface area contributed by atoms with E-state index in [9.17, 15) is 8.78 Å². The number of rotatable bonds is 0. The quantitative estimate of drug-likeness (QED) is 0.317. The molecule has 20 heavy (non-hydrogen) atoms. The fourth-order valence-corrected chi connectivity index (χ4v) is 2.32. The molecule has 0 aromatic carbocycles. The van der Waals surface area contributed by atoms with Gasteiger partial charge in [0, 0.05) is 60.0 Å². The van der Waals surface area contributed by atoms with E-state index < -0.39 is 11.7 Å². The van der Waals surface area contributed by atoms with Crippen LogP contribution in [0.4, 0.5) is 8.78 Å². The Morgan fingerprint density at radius 2 is 0.900 bits per heavy atom. The van der Waals surface area contributed by atoms with Gasteiger partial charge in [0.2, 0.25) is 0 Å². The van der Waals surface area contributed by atoms with Crippen molar-refractivity contribution in [3.8, 4) is 10.4 Å². The van der Waals surface area contributed by atoms with Crippen LogP contribution in [-0.4, -0.2) is 47.8 Å². The van der Waals surface area contributed by atoms with E-state index in [1.807, 2.05) is 0 Å². The first-order valence-corrected chi connectivity index (χ1v) is 4.73. The molecule has 6 heteroatoms. The van der Waals surface area contributed by atoms with Gasteiger partial charge < -0.3 is 0 Å². The van der Waals surface area contributed by atoms with Gasteiger partial charge in [0.05, 0.1) is 9.81 Å². The first-order valence-electron chi connectivity index (χ1n) is 3.10. The Bertz CT molecular complexity index is 429. The molecule has 0 bridgehead atoms. The van der Waals surface area contributed by atoms with Crippen molar-refractivity contribution in [2.45, 2.75) is 44.6 Å². The summed E-state index contributed by atoms with van der Waals surface area (Å²) in [5.41, 5.74) is 0. The molecule has 0 N–H and O–H groups in total. The molecule has 2 heterocycles. The smallest absolute Gasteiger partial charge is 0.151 e. The van der Waals surface area contributed by atoms with Crippen molar-refractivity contribution in [1.29, 1.82) is 0 Å². The van der Waals surface area contributed by atoms with Crippen molar-refractivity contribution in [1.82, 2.24) is 0 Å². The van der Waals surface area contributed by atoms with Crippen LogP contribution < -0.4 is 0 Å². The molecule has 0 amide bonds. The van der Waals surface area contributed by atoms with Crippen LogP contribution >= 0.6 is 22.3 Å². The third kappa shape index (κ3) is 9.58. The molecule has 0 saturated heterocycles. The van der Waals surface area contributed by atoms with E-state index in [1.165, 1.54) is 12.2 Å². The van der Waals surface area contributed by atoms with Crippen LogP contribution in [0.15, 0.2) is 33.6 Å². The maximum Gasteiger partial charge on any atom is 0.151 e. The second-order valence-electron chi connectivity index (χ2n) is 2.08. The summed E-state index contributed by atoms with van der Waals surface area (Å²) in [4.78, 5) is 0.609. The molecule has 2 aliphatic heterocycles. The molecule has 116 valence electrons. The molecule has 0 atom stereocenters. The molecule has 0 spiro atoms. The molecule has 2 rings (SSSR count). The largest absolute Gasteiger partial charge is 0.205 e. The van der Waals surface area contributed by atoms with Gasteiger partial charge in [-0.1, -0.05) is 77.3 Å². The maximum absolute atomic E-state index is 12.9. The van der Waals surface area contributed by atoms with Gasteiger partial charge in [-0.15, -0.1) is 0 Å². The van der Waals surface area contributed by atoms with E-state index in [2.05, 4.69) is 10.4 Å². The molecule has 0 nitrogen and oxygen atoms in total. The standard InChI is InChI=1S/C8H2F2S2.6CH4.2Sn/c9-5-1-3-11-7(5)8-6(10)2-4-12-8;;;;;;;;/h1-2H;6*1H4;;. The second kappa shape index (κ2) is 19.7. The van der Waals surface area contributed by atoms with Crippen molar-refractivity contribution in [3.63, 3.8) is 0 Å². The zero-order valence-corrected chi connectivity index (χ0v) is 14.1. The van der Waals surface area contributed by atoms with Gasteiger partial charge in [-0.2, -0.15) is 0 Å². The number of allylic oxidation sites excluding steroid dienone is 4. The van der Waals surface area contributed by atoms with Crippen LogP contribution in [0, 0.1) is 10.4 Å². The van der Waals surface area contributed by atoms with E-state index in [1.54, 1.807) is 0 Å². The Morgan fingerprint density at radius 3 is 1.05 bits per heavy atom. The minimum Gasteiger partial charge on any atom is -0.205 e.